The van der Waals surface area contributed by atoms with Crippen LogP contribution >= 0.6 is 0 Å². The first-order valence-electron chi connectivity index (χ1n) is 7.15. The standard InChI is InChI=1S/C17H13F2N3O2/c1-10-3-2-6-20-17(10)21-16(23)9-12-8-15(24-22-12)13-5-4-11(18)7-14(13)19/h2-8H,9H2,1H3,(H,20,21,23). The second-order valence-electron chi connectivity index (χ2n) is 5.20. The number of carbonyl (C=O) groups excluding carboxylic acids is 1. The minimum atomic E-state index is -0.758. The summed E-state index contributed by atoms with van der Waals surface area (Å²) in [6.45, 7) is 1.83. The summed E-state index contributed by atoms with van der Waals surface area (Å²) < 4.78 is 31.7. The lowest BCUT2D eigenvalue weighted by Gasteiger charge is -2.05. The molecule has 0 fully saturated rings. The second kappa shape index (κ2) is 6.57. The molecule has 1 N–H and O–H groups in total. The Morgan fingerprint density at radius 2 is 2.08 bits per heavy atom. The molecule has 1 aromatic carbocycles. The van der Waals surface area contributed by atoms with Crippen molar-refractivity contribution in [1.82, 2.24) is 10.1 Å². The molecule has 3 aromatic rings. The maximum atomic E-state index is 13.7. The Labute approximate surface area is 136 Å². The van der Waals surface area contributed by atoms with Crippen molar-refractivity contribution in [3.8, 4) is 11.3 Å². The van der Waals surface area contributed by atoms with Gasteiger partial charge in [0.1, 0.15) is 17.5 Å². The van der Waals surface area contributed by atoms with Crippen molar-refractivity contribution in [2.45, 2.75) is 13.3 Å². The van der Waals surface area contributed by atoms with Crippen molar-refractivity contribution in [3.05, 3.63) is 65.5 Å². The minimum Gasteiger partial charge on any atom is -0.356 e. The maximum Gasteiger partial charge on any atom is 0.231 e. The largest absolute Gasteiger partial charge is 0.356 e. The number of carbonyl (C=O) groups is 1. The van der Waals surface area contributed by atoms with Gasteiger partial charge in [-0.2, -0.15) is 0 Å². The Morgan fingerprint density at radius 3 is 2.83 bits per heavy atom. The fourth-order valence-electron chi connectivity index (χ4n) is 2.17. The van der Waals surface area contributed by atoms with Crippen molar-refractivity contribution in [2.75, 3.05) is 5.32 Å². The molecule has 0 saturated carbocycles. The van der Waals surface area contributed by atoms with Gasteiger partial charge in [0.25, 0.3) is 0 Å². The number of nitrogens with zero attached hydrogens (tertiary/aromatic N) is 2. The van der Waals surface area contributed by atoms with E-state index >= 15 is 0 Å². The van der Waals surface area contributed by atoms with Gasteiger partial charge in [-0.3, -0.25) is 4.79 Å². The van der Waals surface area contributed by atoms with Crippen LogP contribution < -0.4 is 5.32 Å². The number of pyridine rings is 1. The molecule has 7 heteroatoms. The van der Waals surface area contributed by atoms with Crippen LogP contribution in [-0.4, -0.2) is 16.0 Å². The van der Waals surface area contributed by atoms with Gasteiger partial charge in [0.15, 0.2) is 5.76 Å². The number of anilines is 1. The van der Waals surface area contributed by atoms with Crippen LogP contribution in [0.15, 0.2) is 47.1 Å². The Bertz CT molecular complexity index is 893. The number of hydrogen-bond acceptors (Lipinski definition) is 4. The molecule has 0 bridgehead atoms. The van der Waals surface area contributed by atoms with E-state index in [2.05, 4.69) is 15.5 Å². The number of halogens is 2. The summed E-state index contributed by atoms with van der Waals surface area (Å²) in [5.74, 6) is -1.16. The van der Waals surface area contributed by atoms with Crippen molar-refractivity contribution in [1.29, 1.82) is 0 Å². The summed E-state index contributed by atoms with van der Waals surface area (Å²) in [7, 11) is 0. The van der Waals surface area contributed by atoms with E-state index in [0.29, 0.717) is 11.5 Å². The lowest BCUT2D eigenvalue weighted by Crippen LogP contribution is -2.16. The molecule has 0 radical (unpaired) electrons. The number of nitrogens with one attached hydrogen (secondary N) is 1. The highest BCUT2D eigenvalue weighted by molar-refractivity contribution is 5.91. The van der Waals surface area contributed by atoms with Crippen LogP contribution in [0.5, 0.6) is 0 Å². The third kappa shape index (κ3) is 3.45. The predicted molar refractivity (Wildman–Crippen MR) is 83.2 cm³/mol. The third-order valence-corrected chi connectivity index (χ3v) is 3.36. The van der Waals surface area contributed by atoms with Crippen molar-refractivity contribution in [3.63, 3.8) is 0 Å². The Hall–Kier alpha value is -3.09. The van der Waals surface area contributed by atoms with Gasteiger partial charge in [0.05, 0.1) is 17.7 Å². The number of benzene rings is 1. The smallest absolute Gasteiger partial charge is 0.231 e. The van der Waals surface area contributed by atoms with Gasteiger partial charge >= 0.3 is 0 Å². The normalized spacial score (nSPS) is 10.6. The number of amides is 1. The van der Waals surface area contributed by atoms with E-state index < -0.39 is 11.6 Å². The van der Waals surface area contributed by atoms with Crippen LogP contribution in [-0.2, 0) is 11.2 Å². The molecule has 122 valence electrons. The van der Waals surface area contributed by atoms with Gasteiger partial charge in [0, 0.05) is 18.3 Å². The number of rotatable bonds is 4. The van der Waals surface area contributed by atoms with Gasteiger partial charge < -0.3 is 9.84 Å². The van der Waals surface area contributed by atoms with E-state index in [4.69, 9.17) is 4.52 Å². The molecule has 0 aliphatic carbocycles. The number of hydrogen-bond donors (Lipinski definition) is 1. The molecule has 2 heterocycles. The van der Waals surface area contributed by atoms with E-state index in [1.807, 2.05) is 13.0 Å². The Kier molecular flexibility index (Phi) is 4.33. The average Bonchev–Trinajstić information content (AvgIpc) is 2.97. The molecular formula is C17H13F2N3O2. The van der Waals surface area contributed by atoms with E-state index in [1.54, 1.807) is 12.3 Å². The molecule has 0 saturated heterocycles. The van der Waals surface area contributed by atoms with Crippen molar-refractivity contribution >= 4 is 11.7 Å². The monoisotopic (exact) mass is 329 g/mol. The fraction of sp³-hybridized carbons (Fsp3) is 0.118. The zero-order chi connectivity index (χ0) is 17.1. The topological polar surface area (TPSA) is 68.0 Å². The lowest BCUT2D eigenvalue weighted by molar-refractivity contribution is -0.115. The second-order valence-corrected chi connectivity index (χ2v) is 5.20. The molecule has 0 aliphatic rings. The molecule has 1 amide bonds. The Balaban J connectivity index is 1.72. The molecule has 24 heavy (non-hydrogen) atoms. The first-order chi connectivity index (χ1) is 11.5. The Morgan fingerprint density at radius 1 is 1.25 bits per heavy atom. The highest BCUT2D eigenvalue weighted by Gasteiger charge is 2.15. The molecular weight excluding hydrogens is 316 g/mol. The SMILES string of the molecule is Cc1cccnc1NC(=O)Cc1cc(-c2ccc(F)cc2F)on1. The fourth-order valence-corrected chi connectivity index (χ4v) is 2.17. The summed E-state index contributed by atoms with van der Waals surface area (Å²) in [6, 6.07) is 8.18. The van der Waals surface area contributed by atoms with Gasteiger partial charge in [-0.15, -0.1) is 0 Å². The van der Waals surface area contributed by atoms with Crippen LogP contribution in [0, 0.1) is 18.6 Å². The van der Waals surface area contributed by atoms with E-state index in [-0.39, 0.29) is 23.7 Å². The van der Waals surface area contributed by atoms with Gasteiger partial charge in [-0.1, -0.05) is 11.2 Å². The van der Waals surface area contributed by atoms with E-state index in [1.165, 1.54) is 12.1 Å². The van der Waals surface area contributed by atoms with Crippen LogP contribution in [0.3, 0.4) is 0 Å². The van der Waals surface area contributed by atoms with E-state index in [0.717, 1.165) is 17.7 Å². The molecule has 0 atom stereocenters. The summed E-state index contributed by atoms with van der Waals surface area (Å²) in [4.78, 5) is 16.1. The van der Waals surface area contributed by atoms with Crippen LogP contribution in [0.25, 0.3) is 11.3 Å². The summed E-state index contributed by atoms with van der Waals surface area (Å²) in [6.07, 6.45) is 1.52. The van der Waals surface area contributed by atoms with Gasteiger partial charge in [0.2, 0.25) is 5.91 Å². The quantitative estimate of drug-likeness (QED) is 0.795. The number of aromatic nitrogens is 2. The zero-order valence-corrected chi connectivity index (χ0v) is 12.7. The maximum absolute atomic E-state index is 13.7. The number of aryl methyl sites for hydroxylation is 1. The zero-order valence-electron chi connectivity index (χ0n) is 12.7. The predicted octanol–water partition coefficient (Wildman–Crippen LogP) is 3.50. The van der Waals surface area contributed by atoms with Crippen LogP contribution in [0.4, 0.5) is 14.6 Å². The molecule has 2 aromatic heterocycles. The lowest BCUT2D eigenvalue weighted by atomic mass is 10.1. The van der Waals surface area contributed by atoms with Crippen molar-refractivity contribution < 1.29 is 18.1 Å². The minimum absolute atomic E-state index is 0.0532. The highest BCUT2D eigenvalue weighted by Crippen LogP contribution is 2.24. The first kappa shape index (κ1) is 15.8. The van der Waals surface area contributed by atoms with Crippen LogP contribution in [0.2, 0.25) is 0 Å². The van der Waals surface area contributed by atoms with Crippen LogP contribution in [0.1, 0.15) is 11.3 Å². The molecule has 5 nitrogen and oxygen atoms in total. The first-order valence-corrected chi connectivity index (χ1v) is 7.15. The highest BCUT2D eigenvalue weighted by atomic mass is 19.1. The molecule has 3 rings (SSSR count). The summed E-state index contributed by atoms with van der Waals surface area (Å²) in [5, 5.41) is 6.41. The summed E-state index contributed by atoms with van der Waals surface area (Å²) >= 11 is 0. The third-order valence-electron chi connectivity index (χ3n) is 3.36. The van der Waals surface area contributed by atoms with E-state index in [9.17, 15) is 13.6 Å². The molecule has 0 spiro atoms. The molecule has 0 aliphatic heterocycles. The van der Waals surface area contributed by atoms with Gasteiger partial charge in [-0.25, -0.2) is 13.8 Å². The molecule has 0 unspecified atom stereocenters. The average molecular weight is 329 g/mol. The summed E-state index contributed by atoms with van der Waals surface area (Å²) in [5.41, 5.74) is 1.25. The van der Waals surface area contributed by atoms with Crippen molar-refractivity contribution in [2.24, 2.45) is 0 Å². The van der Waals surface area contributed by atoms with Gasteiger partial charge in [-0.05, 0) is 30.7 Å².